The third-order valence-electron chi connectivity index (χ3n) is 12.0. The van der Waals surface area contributed by atoms with Gasteiger partial charge in [-0.1, -0.05) is 131 Å². The van der Waals surface area contributed by atoms with Gasteiger partial charge in [0.15, 0.2) is 0 Å². The fourth-order valence-corrected chi connectivity index (χ4v) is 9.22. The minimum absolute atomic E-state index is 0.0481. The van der Waals surface area contributed by atoms with E-state index in [1.807, 2.05) is 0 Å². The second-order valence-electron chi connectivity index (χ2n) is 16.3. The smallest absolute Gasteiger partial charge is 0.252 e. The second-order valence-corrected chi connectivity index (χ2v) is 16.3. The highest BCUT2D eigenvalue weighted by atomic mass is 15.2. The summed E-state index contributed by atoms with van der Waals surface area (Å²) in [4.78, 5) is 7.49. The Bertz CT molecular complexity index is 2720. The summed E-state index contributed by atoms with van der Waals surface area (Å²) in [6.45, 7) is 13.2. The summed E-state index contributed by atoms with van der Waals surface area (Å²) in [7, 11) is 0. The lowest BCUT2D eigenvalue weighted by Crippen LogP contribution is -2.61. The molecule has 0 bridgehead atoms. The maximum atomic E-state index is 2.51. The first-order valence-electron chi connectivity index (χ1n) is 20.4. The van der Waals surface area contributed by atoms with Gasteiger partial charge in [-0.15, -0.1) is 0 Å². The number of hydrogen-bond acceptors (Lipinski definition) is 3. The Kier molecular flexibility index (Phi) is 8.60. The Labute approximate surface area is 343 Å². The SMILES string of the molecule is Cc1ccc(N2c3ccc(C)cc3B3c4cc(C)ccc4N(c4ccc(C)cc4)c4cc(N(c5ccc(-c6ccccc6)cc5)c5ccc(C)cc5C)cc2c43)cc1. The summed E-state index contributed by atoms with van der Waals surface area (Å²) in [5.74, 6) is 0. The van der Waals surface area contributed by atoms with Crippen molar-refractivity contribution in [3.05, 3.63) is 203 Å². The largest absolute Gasteiger partial charge is 0.311 e. The molecule has 0 radical (unpaired) electrons. The van der Waals surface area contributed by atoms with Crippen LogP contribution in [0, 0.1) is 41.5 Å². The highest BCUT2D eigenvalue weighted by Gasteiger charge is 2.44. The van der Waals surface area contributed by atoms with Gasteiger partial charge in [-0.2, -0.15) is 0 Å². The zero-order valence-electron chi connectivity index (χ0n) is 34.1. The molecule has 0 amide bonds. The van der Waals surface area contributed by atoms with Crippen LogP contribution in [-0.2, 0) is 0 Å². The molecule has 0 atom stereocenters. The van der Waals surface area contributed by atoms with Crippen LogP contribution in [0.3, 0.4) is 0 Å². The molecule has 3 nitrogen and oxygen atoms in total. The molecule has 2 aliphatic rings. The normalized spacial score (nSPS) is 12.6. The van der Waals surface area contributed by atoms with Crippen molar-refractivity contribution in [2.24, 2.45) is 0 Å². The molecule has 4 heteroatoms. The summed E-state index contributed by atoms with van der Waals surface area (Å²) in [5, 5.41) is 0. The Hall–Kier alpha value is -6.78. The van der Waals surface area contributed by atoms with Crippen LogP contribution in [-0.4, -0.2) is 6.71 Å². The van der Waals surface area contributed by atoms with Crippen LogP contribution in [0.5, 0.6) is 0 Å². The molecule has 0 saturated carbocycles. The maximum Gasteiger partial charge on any atom is 0.252 e. The summed E-state index contributed by atoms with van der Waals surface area (Å²) in [5.41, 5.74) is 24.4. The lowest BCUT2D eigenvalue weighted by atomic mass is 9.33. The molecule has 0 aliphatic carbocycles. The van der Waals surface area contributed by atoms with Crippen molar-refractivity contribution in [3.8, 4) is 11.1 Å². The zero-order chi connectivity index (χ0) is 39.7. The van der Waals surface area contributed by atoms with E-state index in [0.29, 0.717) is 0 Å². The number of anilines is 9. The minimum atomic E-state index is 0.0481. The van der Waals surface area contributed by atoms with Crippen molar-refractivity contribution in [3.63, 3.8) is 0 Å². The summed E-state index contributed by atoms with van der Waals surface area (Å²) in [6, 6.07) is 63.6. The highest BCUT2D eigenvalue weighted by Crippen LogP contribution is 2.48. The van der Waals surface area contributed by atoms with E-state index in [1.54, 1.807) is 0 Å². The van der Waals surface area contributed by atoms with E-state index in [0.717, 1.165) is 28.4 Å². The Morgan fingerprint density at radius 1 is 0.379 bits per heavy atom. The summed E-state index contributed by atoms with van der Waals surface area (Å²) >= 11 is 0. The van der Waals surface area contributed by atoms with Crippen molar-refractivity contribution < 1.29 is 0 Å². The molecule has 0 fully saturated rings. The van der Waals surface area contributed by atoms with Crippen LogP contribution in [0.2, 0.25) is 0 Å². The number of fused-ring (bicyclic) bond motifs is 4. The Balaban J connectivity index is 1.30. The Morgan fingerprint density at radius 2 is 0.845 bits per heavy atom. The maximum absolute atomic E-state index is 2.51. The molecule has 0 spiro atoms. The van der Waals surface area contributed by atoms with E-state index in [1.165, 1.54) is 83.6 Å². The fraction of sp³-hybridized carbons (Fsp3) is 0.111. The van der Waals surface area contributed by atoms with E-state index in [2.05, 4.69) is 226 Å². The van der Waals surface area contributed by atoms with Crippen LogP contribution in [0.1, 0.15) is 33.4 Å². The molecule has 8 aromatic carbocycles. The number of rotatable bonds is 6. The highest BCUT2D eigenvalue weighted by molar-refractivity contribution is 7.00. The van der Waals surface area contributed by atoms with Gasteiger partial charge in [-0.3, -0.25) is 0 Å². The van der Waals surface area contributed by atoms with Gasteiger partial charge < -0.3 is 14.7 Å². The summed E-state index contributed by atoms with van der Waals surface area (Å²) in [6.07, 6.45) is 0. The molecular formula is C54H46BN3. The van der Waals surface area contributed by atoms with E-state index < -0.39 is 0 Å². The van der Waals surface area contributed by atoms with Crippen molar-refractivity contribution in [1.82, 2.24) is 0 Å². The lowest BCUT2D eigenvalue weighted by Gasteiger charge is -2.45. The third kappa shape index (κ3) is 5.99. The predicted octanol–water partition coefficient (Wildman–Crippen LogP) is 12.8. The molecule has 58 heavy (non-hydrogen) atoms. The second kappa shape index (κ2) is 14.0. The molecule has 2 heterocycles. The minimum Gasteiger partial charge on any atom is -0.311 e. The molecule has 8 aromatic rings. The van der Waals surface area contributed by atoms with Gasteiger partial charge in [0.25, 0.3) is 6.71 Å². The Morgan fingerprint density at radius 3 is 1.36 bits per heavy atom. The quantitative estimate of drug-likeness (QED) is 0.157. The van der Waals surface area contributed by atoms with E-state index in [-0.39, 0.29) is 6.71 Å². The molecule has 0 saturated heterocycles. The van der Waals surface area contributed by atoms with Gasteiger partial charge in [0.05, 0.1) is 5.69 Å². The first-order valence-corrected chi connectivity index (χ1v) is 20.4. The van der Waals surface area contributed by atoms with Crippen LogP contribution >= 0.6 is 0 Å². The zero-order valence-corrected chi connectivity index (χ0v) is 34.1. The van der Waals surface area contributed by atoms with Crippen molar-refractivity contribution >= 4 is 74.3 Å². The van der Waals surface area contributed by atoms with Crippen LogP contribution < -0.4 is 31.1 Å². The van der Waals surface area contributed by atoms with Crippen LogP contribution in [0.4, 0.5) is 51.2 Å². The average Bonchev–Trinajstić information content (AvgIpc) is 3.23. The predicted molar refractivity (Wildman–Crippen MR) is 249 cm³/mol. The van der Waals surface area contributed by atoms with Gasteiger partial charge in [-0.25, -0.2) is 0 Å². The van der Waals surface area contributed by atoms with Crippen molar-refractivity contribution in [2.45, 2.75) is 41.5 Å². The topological polar surface area (TPSA) is 9.72 Å². The molecule has 0 unspecified atom stereocenters. The molecular weight excluding hydrogens is 701 g/mol. The molecule has 280 valence electrons. The molecule has 2 aliphatic heterocycles. The fourth-order valence-electron chi connectivity index (χ4n) is 9.22. The van der Waals surface area contributed by atoms with Gasteiger partial charge >= 0.3 is 0 Å². The molecule has 10 rings (SSSR count). The van der Waals surface area contributed by atoms with Crippen molar-refractivity contribution in [1.29, 1.82) is 0 Å². The number of nitrogens with zero attached hydrogens (tertiary/aromatic N) is 3. The number of aryl methyl sites for hydroxylation is 6. The van der Waals surface area contributed by atoms with Gasteiger partial charge in [0, 0.05) is 45.5 Å². The van der Waals surface area contributed by atoms with Crippen LogP contribution in [0.25, 0.3) is 11.1 Å². The van der Waals surface area contributed by atoms with Crippen LogP contribution in [0.15, 0.2) is 170 Å². The number of benzene rings is 8. The van der Waals surface area contributed by atoms with E-state index in [9.17, 15) is 0 Å². The molecule has 0 N–H and O–H groups in total. The first kappa shape index (κ1) is 35.6. The van der Waals surface area contributed by atoms with Gasteiger partial charge in [-0.05, 0) is 141 Å². The van der Waals surface area contributed by atoms with Gasteiger partial charge in [0.1, 0.15) is 0 Å². The molecule has 0 aromatic heterocycles. The number of hydrogen-bond donors (Lipinski definition) is 0. The standard InChI is InChI=1S/C54H46BN3/c1-35-12-21-44(22-13-35)57-50-28-17-38(4)31-47(50)55-48-32-39(5)18-29-51(48)58(45-23-14-36(2)15-24-45)53-34-46(33-52(57)54(53)55)56(49-27-16-37(3)30-40(49)6)43-25-19-42(20-26-43)41-10-8-7-9-11-41/h7-34H,1-6H3. The lowest BCUT2D eigenvalue weighted by molar-refractivity contribution is 1.21. The van der Waals surface area contributed by atoms with Crippen molar-refractivity contribution in [2.75, 3.05) is 14.7 Å². The van der Waals surface area contributed by atoms with E-state index in [4.69, 9.17) is 0 Å². The average molecular weight is 748 g/mol. The third-order valence-corrected chi connectivity index (χ3v) is 12.0. The summed E-state index contributed by atoms with van der Waals surface area (Å²) < 4.78 is 0. The van der Waals surface area contributed by atoms with Gasteiger partial charge in [0.2, 0.25) is 0 Å². The first-order chi connectivity index (χ1) is 28.2. The van der Waals surface area contributed by atoms with E-state index >= 15 is 0 Å². The monoisotopic (exact) mass is 747 g/mol.